The molecule has 0 aliphatic rings. The van der Waals surface area contributed by atoms with E-state index in [-0.39, 0.29) is 17.1 Å². The maximum Gasteiger partial charge on any atom is 0.157 e. The van der Waals surface area contributed by atoms with E-state index in [0.29, 0.717) is 24.5 Å². The van der Waals surface area contributed by atoms with Crippen LogP contribution in [0.4, 0.5) is 17.3 Å². The van der Waals surface area contributed by atoms with Gasteiger partial charge in [0.1, 0.15) is 23.2 Å². The summed E-state index contributed by atoms with van der Waals surface area (Å²) in [6.07, 6.45) is 0.669. The van der Waals surface area contributed by atoms with Crippen LogP contribution >= 0.6 is 0 Å². The van der Waals surface area contributed by atoms with Crippen molar-refractivity contribution in [1.82, 2.24) is 9.97 Å². The Bertz CT molecular complexity index is 880. The van der Waals surface area contributed by atoms with Crippen molar-refractivity contribution in [3.8, 4) is 5.75 Å². The van der Waals surface area contributed by atoms with Gasteiger partial charge < -0.3 is 15.7 Å². The van der Waals surface area contributed by atoms with Crippen molar-refractivity contribution in [2.75, 3.05) is 10.6 Å². The Labute approximate surface area is 145 Å². The van der Waals surface area contributed by atoms with Crippen molar-refractivity contribution >= 4 is 23.6 Å². The molecule has 2 aromatic carbocycles. The average Bonchev–Trinajstić information content (AvgIpc) is 2.61. The van der Waals surface area contributed by atoms with Gasteiger partial charge in [0.05, 0.1) is 5.56 Å². The molecule has 3 aromatic rings. The summed E-state index contributed by atoms with van der Waals surface area (Å²) < 4.78 is 0. The van der Waals surface area contributed by atoms with Crippen LogP contribution < -0.4 is 10.6 Å². The molecule has 0 aliphatic carbocycles. The lowest BCUT2D eigenvalue weighted by atomic mass is 10.1. The maximum absolute atomic E-state index is 11.6. The van der Waals surface area contributed by atoms with Crippen molar-refractivity contribution in [1.29, 1.82) is 0 Å². The molecule has 126 valence electrons. The molecule has 6 heteroatoms. The Morgan fingerprint density at radius 1 is 1.08 bits per heavy atom. The predicted octanol–water partition coefficient (Wildman–Crippen LogP) is 3.22. The van der Waals surface area contributed by atoms with Gasteiger partial charge in [-0.05, 0) is 36.8 Å². The number of phenolic OH excluding ortho intramolecular Hbond substituents is 1. The summed E-state index contributed by atoms with van der Waals surface area (Å²) >= 11 is 0. The number of nitrogen functional groups attached to an aromatic ring is 1. The standard InChI is InChI=1S/C19H18N4O2/c1-13-21-18(20)17(12-24)19(22-13)23(11-14-5-3-2-4-6-14)15-7-9-16(25)10-8-15/h2-10,12,25H,11H2,1H3,(H2,20,21,22). The molecule has 0 radical (unpaired) electrons. The smallest absolute Gasteiger partial charge is 0.157 e. The Kier molecular flexibility index (Phi) is 4.61. The zero-order valence-corrected chi connectivity index (χ0v) is 13.8. The van der Waals surface area contributed by atoms with Crippen molar-refractivity contribution in [3.05, 3.63) is 71.5 Å². The van der Waals surface area contributed by atoms with E-state index >= 15 is 0 Å². The van der Waals surface area contributed by atoms with E-state index < -0.39 is 0 Å². The SMILES string of the molecule is Cc1nc(N)c(C=O)c(N(Cc2ccccc2)c2ccc(O)cc2)n1. The van der Waals surface area contributed by atoms with Gasteiger partial charge in [-0.3, -0.25) is 4.79 Å². The van der Waals surface area contributed by atoms with Crippen molar-refractivity contribution in [2.24, 2.45) is 0 Å². The van der Waals surface area contributed by atoms with Gasteiger partial charge in [-0.25, -0.2) is 9.97 Å². The molecular formula is C19H18N4O2. The number of carbonyl (C=O) groups is 1. The third-order valence-corrected chi connectivity index (χ3v) is 3.79. The topological polar surface area (TPSA) is 92.3 Å². The number of aryl methyl sites for hydroxylation is 1. The highest BCUT2D eigenvalue weighted by atomic mass is 16.3. The molecule has 3 rings (SSSR count). The summed E-state index contributed by atoms with van der Waals surface area (Å²) in [5, 5.41) is 9.57. The third kappa shape index (κ3) is 3.58. The molecule has 25 heavy (non-hydrogen) atoms. The van der Waals surface area contributed by atoms with Crippen molar-refractivity contribution in [3.63, 3.8) is 0 Å². The highest BCUT2D eigenvalue weighted by molar-refractivity contribution is 5.90. The van der Waals surface area contributed by atoms with Crippen LogP contribution in [-0.4, -0.2) is 21.4 Å². The minimum atomic E-state index is 0.148. The van der Waals surface area contributed by atoms with Crippen LogP contribution in [0.2, 0.25) is 0 Å². The lowest BCUT2D eigenvalue weighted by Crippen LogP contribution is -2.21. The van der Waals surface area contributed by atoms with Gasteiger partial charge in [-0.15, -0.1) is 0 Å². The molecular weight excluding hydrogens is 316 g/mol. The largest absolute Gasteiger partial charge is 0.508 e. The molecule has 0 saturated heterocycles. The number of carbonyl (C=O) groups excluding carboxylic acids is 1. The second-order valence-corrected chi connectivity index (χ2v) is 5.60. The maximum atomic E-state index is 11.6. The number of benzene rings is 2. The first kappa shape index (κ1) is 16.4. The van der Waals surface area contributed by atoms with Gasteiger partial charge in [0.15, 0.2) is 6.29 Å². The fraction of sp³-hybridized carbons (Fsp3) is 0.105. The van der Waals surface area contributed by atoms with Crippen molar-refractivity contribution < 1.29 is 9.90 Å². The van der Waals surface area contributed by atoms with Crippen LogP contribution in [-0.2, 0) is 6.54 Å². The molecule has 1 aromatic heterocycles. The fourth-order valence-corrected chi connectivity index (χ4v) is 2.59. The summed E-state index contributed by atoms with van der Waals surface area (Å²) in [6, 6.07) is 16.5. The van der Waals surface area contributed by atoms with Gasteiger partial charge in [0.25, 0.3) is 0 Å². The molecule has 0 fully saturated rings. The van der Waals surface area contributed by atoms with Crippen LogP contribution in [0.15, 0.2) is 54.6 Å². The Balaban J connectivity index is 2.14. The highest BCUT2D eigenvalue weighted by Gasteiger charge is 2.19. The van der Waals surface area contributed by atoms with E-state index in [9.17, 15) is 9.90 Å². The molecule has 0 aliphatic heterocycles. The Morgan fingerprint density at radius 3 is 2.40 bits per heavy atom. The van der Waals surface area contributed by atoms with Crippen LogP contribution in [0.3, 0.4) is 0 Å². The monoisotopic (exact) mass is 334 g/mol. The second-order valence-electron chi connectivity index (χ2n) is 5.60. The third-order valence-electron chi connectivity index (χ3n) is 3.79. The van der Waals surface area contributed by atoms with Gasteiger partial charge in [0.2, 0.25) is 0 Å². The molecule has 0 amide bonds. The molecule has 0 saturated carbocycles. The number of rotatable bonds is 5. The first-order valence-corrected chi connectivity index (χ1v) is 7.78. The minimum absolute atomic E-state index is 0.148. The summed E-state index contributed by atoms with van der Waals surface area (Å²) in [5.41, 5.74) is 7.99. The minimum Gasteiger partial charge on any atom is -0.508 e. The molecule has 6 nitrogen and oxygen atoms in total. The quantitative estimate of drug-likeness (QED) is 0.696. The number of aromatic hydroxyl groups is 1. The second kappa shape index (κ2) is 7.00. The molecule has 0 spiro atoms. The van der Waals surface area contributed by atoms with Crippen LogP contribution in [0.1, 0.15) is 21.7 Å². The zero-order valence-electron chi connectivity index (χ0n) is 13.8. The Morgan fingerprint density at radius 2 is 1.76 bits per heavy atom. The number of hydrogen-bond acceptors (Lipinski definition) is 6. The van der Waals surface area contributed by atoms with Crippen LogP contribution in [0.5, 0.6) is 5.75 Å². The van der Waals surface area contributed by atoms with E-state index in [2.05, 4.69) is 9.97 Å². The average molecular weight is 334 g/mol. The molecule has 0 bridgehead atoms. The van der Waals surface area contributed by atoms with E-state index in [4.69, 9.17) is 5.73 Å². The normalized spacial score (nSPS) is 10.4. The van der Waals surface area contributed by atoms with Crippen LogP contribution in [0.25, 0.3) is 0 Å². The number of phenols is 1. The lowest BCUT2D eigenvalue weighted by molar-refractivity contribution is 0.112. The molecule has 0 unspecified atom stereocenters. The number of aromatic nitrogens is 2. The number of aldehydes is 1. The summed E-state index contributed by atoms with van der Waals surface area (Å²) in [6.45, 7) is 2.22. The number of nitrogens with zero attached hydrogens (tertiary/aromatic N) is 3. The van der Waals surface area contributed by atoms with Crippen molar-refractivity contribution in [2.45, 2.75) is 13.5 Å². The Hall–Kier alpha value is -3.41. The van der Waals surface area contributed by atoms with Gasteiger partial charge in [0, 0.05) is 12.2 Å². The first-order valence-electron chi connectivity index (χ1n) is 7.78. The molecule has 1 heterocycles. The molecule has 0 atom stereocenters. The lowest BCUT2D eigenvalue weighted by Gasteiger charge is -2.26. The molecule has 3 N–H and O–H groups in total. The fourth-order valence-electron chi connectivity index (χ4n) is 2.59. The summed E-state index contributed by atoms with van der Waals surface area (Å²) in [5.74, 6) is 1.23. The van der Waals surface area contributed by atoms with E-state index in [1.807, 2.05) is 35.2 Å². The van der Waals surface area contributed by atoms with Crippen LogP contribution in [0, 0.1) is 6.92 Å². The number of nitrogens with two attached hydrogens (primary N) is 1. The number of anilines is 3. The van der Waals surface area contributed by atoms with E-state index in [1.54, 1.807) is 31.2 Å². The van der Waals surface area contributed by atoms with E-state index in [0.717, 1.165) is 11.3 Å². The summed E-state index contributed by atoms with van der Waals surface area (Å²) in [4.78, 5) is 22.0. The van der Waals surface area contributed by atoms with E-state index in [1.165, 1.54) is 0 Å². The van der Waals surface area contributed by atoms with Gasteiger partial charge >= 0.3 is 0 Å². The summed E-state index contributed by atoms with van der Waals surface area (Å²) in [7, 11) is 0. The highest BCUT2D eigenvalue weighted by Crippen LogP contribution is 2.31. The van der Waals surface area contributed by atoms with Gasteiger partial charge in [-0.2, -0.15) is 0 Å². The first-order chi connectivity index (χ1) is 12.1. The zero-order chi connectivity index (χ0) is 17.8. The number of hydrogen-bond donors (Lipinski definition) is 2. The van der Waals surface area contributed by atoms with Gasteiger partial charge in [-0.1, -0.05) is 30.3 Å². The predicted molar refractivity (Wildman–Crippen MR) is 97.0 cm³/mol.